The first-order valence-electron chi connectivity index (χ1n) is 5.45. The lowest BCUT2D eigenvalue weighted by Crippen LogP contribution is -2.42. The fourth-order valence-corrected chi connectivity index (χ4v) is 1.49. The molecule has 106 valence electrons. The van der Waals surface area contributed by atoms with Gasteiger partial charge in [-0.2, -0.15) is 18.7 Å². The van der Waals surface area contributed by atoms with Crippen molar-refractivity contribution < 1.29 is 18.0 Å². The second kappa shape index (κ2) is 6.83. The first-order valence-corrected chi connectivity index (χ1v) is 5.45. The topological polar surface area (TPSA) is 45.6 Å². The minimum absolute atomic E-state index is 0. The Balaban J connectivity index is 0.00000180. The van der Waals surface area contributed by atoms with Crippen LogP contribution in [0.3, 0.4) is 0 Å². The number of hydrogen-bond acceptors (Lipinski definition) is 4. The number of alkyl halides is 3. The number of hydroxylamine groups is 1. The quantitative estimate of drug-likeness (QED) is 0.606. The van der Waals surface area contributed by atoms with Gasteiger partial charge in [0.2, 0.25) is 5.96 Å². The third-order valence-corrected chi connectivity index (χ3v) is 2.35. The van der Waals surface area contributed by atoms with Crippen molar-refractivity contribution in [3.63, 3.8) is 0 Å². The van der Waals surface area contributed by atoms with Crippen LogP contribution in [-0.4, -0.2) is 19.0 Å². The highest BCUT2D eigenvalue weighted by atomic mass is 127. The van der Waals surface area contributed by atoms with Gasteiger partial charge in [0.15, 0.2) is 5.75 Å². The number of hydrogen-bond donors (Lipinski definition) is 2. The second-order valence-electron chi connectivity index (χ2n) is 3.71. The molecule has 0 atom stereocenters. The van der Waals surface area contributed by atoms with E-state index in [0.717, 1.165) is 19.0 Å². The van der Waals surface area contributed by atoms with E-state index in [-0.39, 0.29) is 29.7 Å². The highest BCUT2D eigenvalue weighted by Gasteiger charge is 2.34. The molecule has 2 rings (SSSR count). The summed E-state index contributed by atoms with van der Waals surface area (Å²) >= 11 is 0. The molecule has 1 aliphatic rings. The van der Waals surface area contributed by atoms with Gasteiger partial charge >= 0.3 is 6.18 Å². The number of aliphatic imine (C=N–C) groups is 1. The van der Waals surface area contributed by atoms with Crippen molar-refractivity contribution in [1.82, 2.24) is 10.8 Å². The highest BCUT2D eigenvalue weighted by molar-refractivity contribution is 14.0. The van der Waals surface area contributed by atoms with Crippen LogP contribution in [0.2, 0.25) is 0 Å². The molecular formula is C11H13F3IN3O. The van der Waals surface area contributed by atoms with Gasteiger partial charge in [-0.25, -0.2) is 0 Å². The molecule has 0 amide bonds. The third kappa shape index (κ3) is 4.44. The summed E-state index contributed by atoms with van der Waals surface area (Å²) in [6, 6.07) is 5.00. The van der Waals surface area contributed by atoms with Crippen LogP contribution in [-0.2, 0) is 6.18 Å². The predicted octanol–water partition coefficient (Wildman–Crippen LogP) is 2.56. The SMILES string of the molecule is FC(F)(F)c1ccccc1ONC1=NCCCN1.I. The average Bonchev–Trinajstić information content (AvgIpc) is 2.37. The Bertz CT molecular complexity index is 451. The largest absolute Gasteiger partial charge is 0.420 e. The summed E-state index contributed by atoms with van der Waals surface area (Å²) in [6.45, 7) is 1.34. The standard InChI is InChI=1S/C11H12F3N3O.HI/c12-11(13,14)8-4-1-2-5-9(8)18-17-10-15-6-3-7-16-10;/h1-2,4-5H,3,6-7H2,(H2,15,16,17);1H. The van der Waals surface area contributed by atoms with Crippen LogP contribution in [0.15, 0.2) is 29.3 Å². The molecule has 0 spiro atoms. The molecule has 0 saturated carbocycles. The van der Waals surface area contributed by atoms with E-state index in [1.54, 1.807) is 0 Å². The van der Waals surface area contributed by atoms with Crippen LogP contribution >= 0.6 is 24.0 Å². The Hall–Kier alpha value is -1.19. The van der Waals surface area contributed by atoms with Gasteiger partial charge in [-0.15, -0.1) is 24.0 Å². The summed E-state index contributed by atoms with van der Waals surface area (Å²) in [4.78, 5) is 8.96. The first-order chi connectivity index (χ1) is 8.57. The second-order valence-corrected chi connectivity index (χ2v) is 3.71. The minimum atomic E-state index is -4.44. The molecule has 0 fully saturated rings. The zero-order valence-electron chi connectivity index (χ0n) is 9.83. The fourth-order valence-electron chi connectivity index (χ4n) is 1.49. The predicted molar refractivity (Wildman–Crippen MR) is 75.5 cm³/mol. The van der Waals surface area contributed by atoms with Gasteiger partial charge in [0, 0.05) is 13.1 Å². The van der Waals surface area contributed by atoms with Crippen LogP contribution in [0.1, 0.15) is 12.0 Å². The summed E-state index contributed by atoms with van der Waals surface area (Å²) in [5.41, 5.74) is 1.56. The summed E-state index contributed by atoms with van der Waals surface area (Å²) in [5, 5.41) is 2.88. The molecule has 1 heterocycles. The molecule has 8 heteroatoms. The van der Waals surface area contributed by atoms with E-state index in [1.807, 2.05) is 0 Å². The fraction of sp³-hybridized carbons (Fsp3) is 0.364. The van der Waals surface area contributed by atoms with Gasteiger partial charge < -0.3 is 10.2 Å². The molecule has 1 aromatic rings. The molecular weight excluding hydrogens is 374 g/mol. The maximum Gasteiger partial charge on any atom is 0.420 e. The van der Waals surface area contributed by atoms with Crippen molar-refractivity contribution in [2.75, 3.05) is 13.1 Å². The Labute approximate surface area is 125 Å². The van der Waals surface area contributed by atoms with Crippen molar-refractivity contribution >= 4 is 29.9 Å². The van der Waals surface area contributed by atoms with E-state index < -0.39 is 11.7 Å². The first kappa shape index (κ1) is 15.9. The summed E-state index contributed by atoms with van der Waals surface area (Å²) in [7, 11) is 0. The Kier molecular flexibility index (Phi) is 5.70. The van der Waals surface area contributed by atoms with Gasteiger partial charge in [-0.3, -0.25) is 4.99 Å². The van der Waals surface area contributed by atoms with Gasteiger partial charge in [0.1, 0.15) is 5.56 Å². The number of benzene rings is 1. The number of para-hydroxylation sites is 1. The summed E-state index contributed by atoms with van der Waals surface area (Å²) < 4.78 is 38.0. The van der Waals surface area contributed by atoms with Gasteiger partial charge in [0.25, 0.3) is 0 Å². The number of halogens is 4. The Morgan fingerprint density at radius 3 is 2.63 bits per heavy atom. The average molecular weight is 387 g/mol. The van der Waals surface area contributed by atoms with Crippen molar-refractivity contribution in [3.05, 3.63) is 29.8 Å². The van der Waals surface area contributed by atoms with Crippen LogP contribution in [0, 0.1) is 0 Å². The van der Waals surface area contributed by atoms with Crippen LogP contribution < -0.4 is 15.6 Å². The highest BCUT2D eigenvalue weighted by Crippen LogP contribution is 2.35. The zero-order valence-corrected chi connectivity index (χ0v) is 12.2. The van der Waals surface area contributed by atoms with Crippen LogP contribution in [0.25, 0.3) is 0 Å². The molecule has 0 saturated heterocycles. The molecule has 0 radical (unpaired) electrons. The van der Waals surface area contributed by atoms with E-state index in [2.05, 4.69) is 15.8 Å². The van der Waals surface area contributed by atoms with Crippen molar-refractivity contribution in [1.29, 1.82) is 0 Å². The lowest BCUT2D eigenvalue weighted by molar-refractivity contribution is -0.139. The van der Waals surface area contributed by atoms with E-state index in [0.29, 0.717) is 12.5 Å². The molecule has 0 bridgehead atoms. The molecule has 0 unspecified atom stereocenters. The third-order valence-electron chi connectivity index (χ3n) is 2.35. The van der Waals surface area contributed by atoms with Gasteiger partial charge in [-0.05, 0) is 18.6 Å². The molecule has 1 aromatic carbocycles. The molecule has 0 aromatic heterocycles. The van der Waals surface area contributed by atoms with Crippen LogP contribution in [0.5, 0.6) is 5.75 Å². The Morgan fingerprint density at radius 2 is 2.00 bits per heavy atom. The normalized spacial score (nSPS) is 14.8. The van der Waals surface area contributed by atoms with Crippen molar-refractivity contribution in [3.8, 4) is 5.75 Å². The molecule has 2 N–H and O–H groups in total. The lowest BCUT2D eigenvalue weighted by atomic mass is 10.2. The zero-order chi connectivity index (χ0) is 13.0. The maximum absolute atomic E-state index is 12.7. The monoisotopic (exact) mass is 387 g/mol. The lowest BCUT2D eigenvalue weighted by Gasteiger charge is -2.18. The number of rotatable bonds is 2. The smallest absolute Gasteiger partial charge is 0.379 e. The molecule has 1 aliphatic heterocycles. The summed E-state index contributed by atoms with van der Waals surface area (Å²) in [6.07, 6.45) is -3.55. The Morgan fingerprint density at radius 1 is 1.26 bits per heavy atom. The molecule has 0 aliphatic carbocycles. The minimum Gasteiger partial charge on any atom is -0.379 e. The number of nitrogens with zero attached hydrogens (tertiary/aromatic N) is 1. The number of guanidine groups is 1. The maximum atomic E-state index is 12.7. The summed E-state index contributed by atoms with van der Waals surface area (Å²) in [5.74, 6) is 0.0679. The van der Waals surface area contributed by atoms with Crippen LogP contribution in [0.4, 0.5) is 13.2 Å². The molecule has 4 nitrogen and oxygen atoms in total. The van der Waals surface area contributed by atoms with Crippen molar-refractivity contribution in [2.45, 2.75) is 12.6 Å². The molecule has 19 heavy (non-hydrogen) atoms. The van der Waals surface area contributed by atoms with E-state index in [1.165, 1.54) is 18.2 Å². The number of nitrogens with one attached hydrogen (secondary N) is 2. The van der Waals surface area contributed by atoms with E-state index >= 15 is 0 Å². The van der Waals surface area contributed by atoms with Gasteiger partial charge in [0.05, 0.1) is 0 Å². The van der Waals surface area contributed by atoms with Crippen molar-refractivity contribution in [2.24, 2.45) is 4.99 Å². The van der Waals surface area contributed by atoms with E-state index in [9.17, 15) is 13.2 Å². The van der Waals surface area contributed by atoms with Gasteiger partial charge in [-0.1, -0.05) is 12.1 Å². The van der Waals surface area contributed by atoms with E-state index in [4.69, 9.17) is 4.84 Å².